The van der Waals surface area contributed by atoms with E-state index in [4.69, 9.17) is 19.9 Å². The first-order chi connectivity index (χ1) is 21.2. The summed E-state index contributed by atoms with van der Waals surface area (Å²) < 4.78 is 0. The number of aromatic nitrogens is 4. The number of aryl methyl sites for hydroxylation is 1. The van der Waals surface area contributed by atoms with Crippen molar-refractivity contribution in [2.45, 2.75) is 6.92 Å². The van der Waals surface area contributed by atoms with E-state index in [9.17, 15) is 0 Å². The third-order valence-electron chi connectivity index (χ3n) is 8.53. The standard InChI is InChI=1S/C39H24N4/c1-23-37(41-33-15-6-5-14-32(33)40-23)30-21-20-29-26-19-18-25(22-31(26)28-13-9-12-27(30)36(28)29)39-38(24-10-3-2-4-11-24)42-34-16-7-8-17-35(34)43-39/h2-22H,1H3. The number of rotatable bonds is 3. The van der Waals surface area contributed by atoms with Crippen molar-refractivity contribution >= 4 is 32.8 Å². The van der Waals surface area contributed by atoms with Crippen molar-refractivity contribution < 1.29 is 0 Å². The van der Waals surface area contributed by atoms with Gasteiger partial charge in [0.15, 0.2) is 0 Å². The molecule has 6 aromatic carbocycles. The van der Waals surface area contributed by atoms with E-state index in [0.717, 1.165) is 61.5 Å². The van der Waals surface area contributed by atoms with Crippen molar-refractivity contribution in [1.82, 2.24) is 19.9 Å². The maximum absolute atomic E-state index is 5.16. The molecule has 200 valence electrons. The van der Waals surface area contributed by atoms with Crippen molar-refractivity contribution in [1.29, 1.82) is 0 Å². The number of fused-ring (bicyclic) bond motifs is 5. The average molecular weight is 549 g/mol. The highest BCUT2D eigenvalue weighted by molar-refractivity contribution is 6.19. The summed E-state index contributed by atoms with van der Waals surface area (Å²) in [4.78, 5) is 20.2. The minimum Gasteiger partial charge on any atom is -0.249 e. The molecule has 0 fully saturated rings. The summed E-state index contributed by atoms with van der Waals surface area (Å²) in [6.45, 7) is 2.05. The van der Waals surface area contributed by atoms with E-state index in [1.54, 1.807) is 0 Å². The van der Waals surface area contributed by atoms with Gasteiger partial charge in [-0.3, -0.25) is 0 Å². The topological polar surface area (TPSA) is 51.6 Å². The van der Waals surface area contributed by atoms with Crippen LogP contribution < -0.4 is 0 Å². The lowest BCUT2D eigenvalue weighted by Gasteiger charge is -2.12. The van der Waals surface area contributed by atoms with Gasteiger partial charge in [0.25, 0.3) is 0 Å². The summed E-state index contributed by atoms with van der Waals surface area (Å²) in [6.07, 6.45) is 0. The summed E-state index contributed by atoms with van der Waals surface area (Å²) >= 11 is 0. The predicted octanol–water partition coefficient (Wildman–Crippen LogP) is 9.68. The van der Waals surface area contributed by atoms with Crippen LogP contribution in [0.3, 0.4) is 0 Å². The van der Waals surface area contributed by atoms with Gasteiger partial charge in [0, 0.05) is 16.7 Å². The van der Waals surface area contributed by atoms with Crippen LogP contribution in [-0.4, -0.2) is 19.9 Å². The largest absolute Gasteiger partial charge is 0.249 e. The zero-order valence-electron chi connectivity index (χ0n) is 23.4. The summed E-state index contributed by atoms with van der Waals surface area (Å²) in [6, 6.07) is 44.3. The zero-order chi connectivity index (χ0) is 28.5. The fourth-order valence-corrected chi connectivity index (χ4v) is 6.55. The molecule has 0 amide bonds. The van der Waals surface area contributed by atoms with Crippen molar-refractivity contribution in [2.24, 2.45) is 0 Å². The number of nitrogens with zero attached hydrogens (tertiary/aromatic N) is 4. The van der Waals surface area contributed by atoms with Crippen LogP contribution in [0, 0.1) is 6.92 Å². The molecule has 0 atom stereocenters. The van der Waals surface area contributed by atoms with Gasteiger partial charge < -0.3 is 0 Å². The number of hydrogen-bond acceptors (Lipinski definition) is 4. The van der Waals surface area contributed by atoms with E-state index in [0.29, 0.717) is 0 Å². The number of para-hydroxylation sites is 4. The van der Waals surface area contributed by atoms with Crippen LogP contribution in [0.4, 0.5) is 0 Å². The fraction of sp³-hybridized carbons (Fsp3) is 0.0256. The molecule has 8 aromatic rings. The lowest BCUT2D eigenvalue weighted by Crippen LogP contribution is -1.95. The van der Waals surface area contributed by atoms with Crippen molar-refractivity contribution in [3.63, 3.8) is 0 Å². The summed E-state index contributed by atoms with van der Waals surface area (Å²) in [5.41, 5.74) is 15.4. The van der Waals surface area contributed by atoms with Crippen LogP contribution in [0.15, 0.2) is 127 Å². The van der Waals surface area contributed by atoms with Crippen LogP contribution in [0.2, 0.25) is 0 Å². The molecule has 2 aromatic heterocycles. The van der Waals surface area contributed by atoms with Gasteiger partial charge in [-0.15, -0.1) is 0 Å². The van der Waals surface area contributed by atoms with Crippen molar-refractivity contribution in [2.75, 3.05) is 0 Å². The lowest BCUT2D eigenvalue weighted by atomic mass is 9.96. The van der Waals surface area contributed by atoms with Crippen molar-refractivity contribution in [3.8, 4) is 56.0 Å². The Kier molecular flexibility index (Phi) is 5.08. The molecule has 0 N–H and O–H groups in total. The molecule has 0 bridgehead atoms. The Balaban J connectivity index is 1.25. The molecule has 0 spiro atoms. The Morgan fingerprint density at radius 1 is 0.372 bits per heavy atom. The molecule has 0 unspecified atom stereocenters. The lowest BCUT2D eigenvalue weighted by molar-refractivity contribution is 1.19. The van der Waals surface area contributed by atoms with E-state index in [1.807, 2.05) is 61.5 Å². The summed E-state index contributed by atoms with van der Waals surface area (Å²) in [7, 11) is 0. The molecule has 1 aliphatic rings. The van der Waals surface area contributed by atoms with E-state index in [1.165, 1.54) is 33.0 Å². The molecule has 0 saturated carbocycles. The van der Waals surface area contributed by atoms with Gasteiger partial charge in [0.1, 0.15) is 0 Å². The Labute approximate surface area is 248 Å². The van der Waals surface area contributed by atoms with E-state index >= 15 is 0 Å². The first kappa shape index (κ1) is 23.9. The third kappa shape index (κ3) is 3.63. The van der Waals surface area contributed by atoms with E-state index in [2.05, 4.69) is 72.8 Å². The second-order valence-corrected chi connectivity index (χ2v) is 11.1. The van der Waals surface area contributed by atoms with Crippen LogP contribution in [0.1, 0.15) is 5.69 Å². The SMILES string of the molecule is Cc1nc2ccccc2nc1-c1ccc2c3c(cccc13)-c1cc(-c3nc4ccccc4nc3-c3ccccc3)ccc1-2. The van der Waals surface area contributed by atoms with E-state index in [-0.39, 0.29) is 0 Å². The Bertz CT molecular complexity index is 2410. The van der Waals surface area contributed by atoms with Gasteiger partial charge in [-0.2, -0.15) is 0 Å². The first-order valence-electron chi connectivity index (χ1n) is 14.5. The average Bonchev–Trinajstić information content (AvgIpc) is 3.39. The second-order valence-electron chi connectivity index (χ2n) is 11.1. The molecule has 0 aliphatic heterocycles. The monoisotopic (exact) mass is 548 g/mol. The van der Waals surface area contributed by atoms with Gasteiger partial charge in [0.2, 0.25) is 0 Å². The zero-order valence-corrected chi connectivity index (χ0v) is 23.4. The predicted molar refractivity (Wildman–Crippen MR) is 176 cm³/mol. The van der Waals surface area contributed by atoms with Crippen molar-refractivity contribution in [3.05, 3.63) is 133 Å². The van der Waals surface area contributed by atoms with Gasteiger partial charge >= 0.3 is 0 Å². The molecular formula is C39H24N4. The van der Waals surface area contributed by atoms with Gasteiger partial charge in [0.05, 0.1) is 44.8 Å². The Hall–Kier alpha value is -5.74. The molecule has 43 heavy (non-hydrogen) atoms. The molecule has 9 rings (SSSR count). The normalized spacial score (nSPS) is 11.8. The van der Waals surface area contributed by atoms with Gasteiger partial charge in [-0.1, -0.05) is 97.1 Å². The fourth-order valence-electron chi connectivity index (χ4n) is 6.55. The second kappa shape index (κ2) is 9.13. The minimum absolute atomic E-state index is 0.888. The molecular weight excluding hydrogens is 524 g/mol. The third-order valence-corrected chi connectivity index (χ3v) is 8.53. The highest BCUT2D eigenvalue weighted by Crippen LogP contribution is 2.50. The van der Waals surface area contributed by atoms with Gasteiger partial charge in [-0.25, -0.2) is 19.9 Å². The van der Waals surface area contributed by atoms with Crippen LogP contribution in [0.5, 0.6) is 0 Å². The Morgan fingerprint density at radius 3 is 1.65 bits per heavy atom. The highest BCUT2D eigenvalue weighted by Gasteiger charge is 2.25. The molecule has 0 radical (unpaired) electrons. The molecule has 2 heterocycles. The molecule has 0 saturated heterocycles. The smallest absolute Gasteiger partial charge is 0.0973 e. The quantitative estimate of drug-likeness (QED) is 0.221. The minimum atomic E-state index is 0.888. The maximum atomic E-state index is 5.16. The maximum Gasteiger partial charge on any atom is 0.0973 e. The van der Waals surface area contributed by atoms with Crippen LogP contribution in [0.25, 0.3) is 88.9 Å². The number of benzene rings is 6. The number of hydrogen-bond donors (Lipinski definition) is 0. The van der Waals surface area contributed by atoms with Gasteiger partial charge in [-0.05, 0) is 70.3 Å². The Morgan fingerprint density at radius 2 is 0.930 bits per heavy atom. The highest BCUT2D eigenvalue weighted by atomic mass is 14.8. The van der Waals surface area contributed by atoms with Crippen LogP contribution >= 0.6 is 0 Å². The van der Waals surface area contributed by atoms with E-state index < -0.39 is 0 Å². The molecule has 1 aliphatic carbocycles. The molecule has 4 heteroatoms. The van der Waals surface area contributed by atoms with Crippen LogP contribution in [-0.2, 0) is 0 Å². The summed E-state index contributed by atoms with van der Waals surface area (Å²) in [5.74, 6) is 0. The molecule has 4 nitrogen and oxygen atoms in total. The summed E-state index contributed by atoms with van der Waals surface area (Å²) in [5, 5.41) is 2.45. The first-order valence-corrected chi connectivity index (χ1v) is 14.5.